The lowest BCUT2D eigenvalue weighted by Crippen LogP contribution is -2.36. The zero-order valence-electron chi connectivity index (χ0n) is 18.8. The third-order valence-electron chi connectivity index (χ3n) is 6.09. The number of hydrogen-bond donors (Lipinski definition) is 2. The van der Waals surface area contributed by atoms with Crippen molar-refractivity contribution in [1.82, 2.24) is 0 Å². The van der Waals surface area contributed by atoms with Crippen LogP contribution in [0.25, 0.3) is 0 Å². The second-order valence-corrected chi connectivity index (χ2v) is 10.2. The van der Waals surface area contributed by atoms with Crippen LogP contribution in [-0.4, -0.2) is 18.1 Å². The molecule has 1 rings (SSSR count). The summed E-state index contributed by atoms with van der Waals surface area (Å²) in [6.45, 7) is 6.12. The van der Waals surface area contributed by atoms with Gasteiger partial charge in [-0.25, -0.2) is 0 Å². The van der Waals surface area contributed by atoms with Crippen LogP contribution in [0.4, 0.5) is 0 Å². The Morgan fingerprint density at radius 2 is 1.24 bits per heavy atom. The number of phenolic OH excluding ortho intramolecular Hbond substituents is 1. The van der Waals surface area contributed by atoms with Gasteiger partial charge in [0, 0.05) is 0 Å². The Bertz CT molecular complexity index is 666. The van der Waals surface area contributed by atoms with Crippen molar-refractivity contribution in [3.8, 4) is 5.75 Å². The van der Waals surface area contributed by atoms with Crippen molar-refractivity contribution in [3.63, 3.8) is 0 Å². The van der Waals surface area contributed by atoms with E-state index in [4.69, 9.17) is 0 Å². The highest BCUT2D eigenvalue weighted by Crippen LogP contribution is 2.41. The van der Waals surface area contributed by atoms with Crippen molar-refractivity contribution in [3.05, 3.63) is 29.3 Å². The lowest BCUT2D eigenvalue weighted by atomic mass is 9.86. The normalized spacial score (nSPS) is 12.4. The number of aryl methyl sites for hydroxylation is 1. The van der Waals surface area contributed by atoms with Gasteiger partial charge in [-0.2, -0.15) is 8.42 Å². The Balaban J connectivity index is 2.99. The molecule has 0 aliphatic rings. The fraction of sp³-hybridized carbons (Fsp3) is 0.750. The molecule has 0 atom stereocenters. The molecule has 1 aromatic carbocycles. The smallest absolute Gasteiger partial charge is 0.274 e. The lowest BCUT2D eigenvalue weighted by molar-refractivity contribution is 0.373. The molecular weight excluding hydrogens is 384 g/mol. The standard InChI is InChI=1S/C24H42O4S/c1-4-6-8-10-12-14-18-24(29(26,27)28,19-15-13-11-9-7-5-2)22-16-17-23(25)21(3)20-22/h16-17,20,25H,4-15,18-19H2,1-3H3,(H,26,27,28). The van der Waals surface area contributed by atoms with Crippen LogP contribution >= 0.6 is 0 Å². The van der Waals surface area contributed by atoms with Crippen molar-refractivity contribution in [1.29, 1.82) is 0 Å². The van der Waals surface area contributed by atoms with E-state index in [9.17, 15) is 18.1 Å². The molecule has 0 radical (unpaired) electrons. The van der Waals surface area contributed by atoms with E-state index in [-0.39, 0.29) is 5.75 Å². The first-order valence-corrected chi connectivity index (χ1v) is 13.0. The molecule has 0 fully saturated rings. The van der Waals surface area contributed by atoms with Crippen LogP contribution in [0.15, 0.2) is 18.2 Å². The summed E-state index contributed by atoms with van der Waals surface area (Å²) in [5, 5.41) is 9.89. The largest absolute Gasteiger partial charge is 0.508 e. The highest BCUT2D eigenvalue weighted by atomic mass is 32.2. The predicted octanol–water partition coefficient (Wildman–Crippen LogP) is 7.28. The maximum absolute atomic E-state index is 12.7. The molecular formula is C24H42O4S. The van der Waals surface area contributed by atoms with Crippen molar-refractivity contribution >= 4 is 10.1 Å². The fourth-order valence-corrected chi connectivity index (χ4v) is 5.37. The summed E-state index contributed by atoms with van der Waals surface area (Å²) in [5.41, 5.74) is 1.25. The summed E-state index contributed by atoms with van der Waals surface area (Å²) in [4.78, 5) is 0. The first-order valence-electron chi connectivity index (χ1n) is 11.6. The Kier molecular flexibility index (Phi) is 11.9. The van der Waals surface area contributed by atoms with Gasteiger partial charge in [0.05, 0.1) is 0 Å². The molecule has 0 saturated carbocycles. The highest BCUT2D eigenvalue weighted by molar-refractivity contribution is 7.86. The van der Waals surface area contributed by atoms with Crippen molar-refractivity contribution in [2.45, 2.75) is 115 Å². The van der Waals surface area contributed by atoms with E-state index in [0.29, 0.717) is 24.0 Å². The number of rotatable bonds is 16. The summed E-state index contributed by atoms with van der Waals surface area (Å²) >= 11 is 0. The Labute approximate surface area is 178 Å². The summed E-state index contributed by atoms with van der Waals surface area (Å²) < 4.78 is 34.4. The van der Waals surface area contributed by atoms with Crippen LogP contribution in [0.2, 0.25) is 0 Å². The Hall–Kier alpha value is -1.07. The van der Waals surface area contributed by atoms with E-state index in [1.165, 1.54) is 38.5 Å². The van der Waals surface area contributed by atoms with Crippen molar-refractivity contribution in [2.24, 2.45) is 0 Å². The van der Waals surface area contributed by atoms with Crippen molar-refractivity contribution in [2.75, 3.05) is 0 Å². The van der Waals surface area contributed by atoms with Gasteiger partial charge in [-0.1, -0.05) is 103 Å². The second-order valence-electron chi connectivity index (χ2n) is 8.51. The second kappa shape index (κ2) is 13.3. The molecule has 2 N–H and O–H groups in total. The summed E-state index contributed by atoms with van der Waals surface area (Å²) in [6, 6.07) is 4.95. The summed E-state index contributed by atoms with van der Waals surface area (Å²) in [7, 11) is -4.29. The quantitative estimate of drug-likeness (QED) is 0.215. The van der Waals surface area contributed by atoms with Crippen LogP contribution in [0.5, 0.6) is 5.75 Å². The Morgan fingerprint density at radius 1 is 0.793 bits per heavy atom. The van der Waals surface area contributed by atoms with Crippen LogP contribution in [-0.2, 0) is 14.9 Å². The molecule has 0 saturated heterocycles. The number of aromatic hydroxyl groups is 1. The molecule has 0 unspecified atom stereocenters. The first-order chi connectivity index (χ1) is 13.8. The third kappa shape index (κ3) is 8.29. The van der Waals surface area contributed by atoms with Gasteiger partial charge in [0.2, 0.25) is 0 Å². The molecule has 0 spiro atoms. The number of hydrogen-bond acceptors (Lipinski definition) is 3. The van der Waals surface area contributed by atoms with E-state index in [0.717, 1.165) is 38.5 Å². The van der Waals surface area contributed by atoms with E-state index in [1.54, 1.807) is 25.1 Å². The molecule has 4 nitrogen and oxygen atoms in total. The van der Waals surface area contributed by atoms with Gasteiger partial charge in [0.25, 0.3) is 10.1 Å². The SMILES string of the molecule is CCCCCCCCC(CCCCCCCC)(c1ccc(O)c(C)c1)S(=O)(=O)O. The monoisotopic (exact) mass is 426 g/mol. The minimum atomic E-state index is -4.29. The molecule has 1 aromatic rings. The average molecular weight is 427 g/mol. The maximum atomic E-state index is 12.7. The number of phenols is 1. The number of benzene rings is 1. The van der Waals surface area contributed by atoms with Gasteiger partial charge in [0.15, 0.2) is 0 Å². The molecule has 168 valence electrons. The van der Waals surface area contributed by atoms with Crippen LogP contribution in [0, 0.1) is 6.92 Å². The molecule has 0 amide bonds. The molecule has 0 aliphatic heterocycles. The van der Waals surface area contributed by atoms with Gasteiger partial charge in [-0.15, -0.1) is 0 Å². The number of unbranched alkanes of at least 4 members (excludes halogenated alkanes) is 10. The summed E-state index contributed by atoms with van der Waals surface area (Å²) in [6.07, 6.45) is 13.7. The molecule has 5 heteroatoms. The average Bonchev–Trinajstić information content (AvgIpc) is 2.67. The van der Waals surface area contributed by atoms with Crippen LogP contribution in [0.3, 0.4) is 0 Å². The third-order valence-corrected chi connectivity index (χ3v) is 7.72. The predicted molar refractivity (Wildman–Crippen MR) is 122 cm³/mol. The van der Waals surface area contributed by atoms with E-state index in [1.807, 2.05) is 0 Å². The molecule has 0 aliphatic carbocycles. The Morgan fingerprint density at radius 3 is 1.66 bits per heavy atom. The molecule has 0 aromatic heterocycles. The lowest BCUT2D eigenvalue weighted by Gasteiger charge is -2.32. The summed E-state index contributed by atoms with van der Waals surface area (Å²) in [5.74, 6) is 0.150. The van der Waals surface area contributed by atoms with E-state index in [2.05, 4.69) is 13.8 Å². The topological polar surface area (TPSA) is 74.6 Å². The van der Waals surface area contributed by atoms with Crippen LogP contribution < -0.4 is 0 Å². The van der Waals surface area contributed by atoms with E-state index < -0.39 is 14.9 Å². The van der Waals surface area contributed by atoms with Crippen LogP contribution in [0.1, 0.15) is 115 Å². The van der Waals surface area contributed by atoms with Gasteiger partial charge in [-0.3, -0.25) is 4.55 Å². The highest BCUT2D eigenvalue weighted by Gasteiger charge is 2.43. The zero-order valence-corrected chi connectivity index (χ0v) is 19.6. The molecule has 0 heterocycles. The molecule has 0 bridgehead atoms. The minimum absolute atomic E-state index is 0.150. The zero-order chi connectivity index (χ0) is 21.8. The fourth-order valence-electron chi connectivity index (χ4n) is 4.14. The maximum Gasteiger partial charge on any atom is 0.274 e. The van der Waals surface area contributed by atoms with Gasteiger partial charge >= 0.3 is 0 Å². The molecule has 29 heavy (non-hydrogen) atoms. The van der Waals surface area contributed by atoms with Gasteiger partial charge in [0.1, 0.15) is 10.5 Å². The minimum Gasteiger partial charge on any atom is -0.508 e. The van der Waals surface area contributed by atoms with Gasteiger partial charge in [-0.05, 0) is 37.0 Å². The van der Waals surface area contributed by atoms with E-state index >= 15 is 0 Å². The first kappa shape index (κ1) is 26.0. The van der Waals surface area contributed by atoms with Crippen molar-refractivity contribution < 1.29 is 18.1 Å². The van der Waals surface area contributed by atoms with Gasteiger partial charge < -0.3 is 5.11 Å².